The van der Waals surface area contributed by atoms with Crippen LogP contribution >= 0.6 is 0 Å². The minimum absolute atomic E-state index is 0.195. The molecule has 0 saturated carbocycles. The molecule has 1 fully saturated rings. The molecule has 2 heterocycles. The molecular formula is C12H16N4O3. The molecule has 0 bridgehead atoms. The third-order valence-corrected chi connectivity index (χ3v) is 3.08. The Labute approximate surface area is 111 Å². The number of amides is 2. The number of morpholine rings is 1. The van der Waals surface area contributed by atoms with E-state index < -0.39 is 5.60 Å². The van der Waals surface area contributed by atoms with Gasteiger partial charge in [0.05, 0.1) is 18.7 Å². The summed E-state index contributed by atoms with van der Waals surface area (Å²) in [5, 5.41) is 2.55. The molecule has 19 heavy (non-hydrogen) atoms. The van der Waals surface area contributed by atoms with Crippen molar-refractivity contribution < 1.29 is 14.3 Å². The Balaban J connectivity index is 2.14. The van der Waals surface area contributed by atoms with Crippen molar-refractivity contribution in [2.24, 2.45) is 0 Å². The molecule has 1 aliphatic rings. The lowest BCUT2D eigenvalue weighted by Crippen LogP contribution is -2.58. The predicted octanol–water partition coefficient (Wildman–Crippen LogP) is -0.546. The Kier molecular flexibility index (Phi) is 3.75. The molecule has 0 radical (unpaired) electrons. The number of hydrogen-bond acceptors (Lipinski definition) is 5. The van der Waals surface area contributed by atoms with Gasteiger partial charge < -0.3 is 15.0 Å². The van der Waals surface area contributed by atoms with Gasteiger partial charge in [-0.15, -0.1) is 0 Å². The van der Waals surface area contributed by atoms with Crippen LogP contribution in [0.25, 0.3) is 0 Å². The molecule has 1 saturated heterocycles. The number of ether oxygens (including phenoxy) is 1. The molecule has 1 aromatic rings. The quantitative estimate of drug-likeness (QED) is 0.775. The SMILES string of the molecule is CNC(=O)C1(C)CN(C(=O)c2cncnc2)CCO1. The number of likely N-dealkylation sites (N-methyl/N-ethyl adjacent to an activating group) is 1. The molecule has 0 aromatic carbocycles. The molecule has 0 aliphatic carbocycles. The first kappa shape index (κ1) is 13.4. The van der Waals surface area contributed by atoms with E-state index in [9.17, 15) is 9.59 Å². The summed E-state index contributed by atoms with van der Waals surface area (Å²) in [6.07, 6.45) is 4.29. The Hall–Kier alpha value is -2.02. The van der Waals surface area contributed by atoms with Crippen molar-refractivity contribution in [2.75, 3.05) is 26.7 Å². The van der Waals surface area contributed by atoms with Crippen LogP contribution in [0, 0.1) is 0 Å². The van der Waals surface area contributed by atoms with Gasteiger partial charge in [0.2, 0.25) is 0 Å². The lowest BCUT2D eigenvalue weighted by atomic mass is 10.0. The number of aromatic nitrogens is 2. The van der Waals surface area contributed by atoms with Crippen molar-refractivity contribution >= 4 is 11.8 Å². The molecule has 1 aliphatic heterocycles. The summed E-state index contributed by atoms with van der Waals surface area (Å²) in [5.41, 5.74) is -0.609. The summed E-state index contributed by atoms with van der Waals surface area (Å²) >= 11 is 0. The number of rotatable bonds is 2. The van der Waals surface area contributed by atoms with Gasteiger partial charge in [0, 0.05) is 26.0 Å². The summed E-state index contributed by atoms with van der Waals surface area (Å²) in [7, 11) is 1.54. The van der Waals surface area contributed by atoms with Gasteiger partial charge in [-0.1, -0.05) is 0 Å². The molecule has 1 unspecified atom stereocenters. The molecule has 7 nitrogen and oxygen atoms in total. The predicted molar refractivity (Wildman–Crippen MR) is 66.4 cm³/mol. The van der Waals surface area contributed by atoms with Crippen LogP contribution in [0.1, 0.15) is 17.3 Å². The van der Waals surface area contributed by atoms with Crippen molar-refractivity contribution in [3.63, 3.8) is 0 Å². The molecular weight excluding hydrogens is 248 g/mol. The first-order valence-electron chi connectivity index (χ1n) is 5.97. The van der Waals surface area contributed by atoms with E-state index in [0.29, 0.717) is 18.7 Å². The van der Waals surface area contributed by atoms with Crippen molar-refractivity contribution in [3.8, 4) is 0 Å². The fourth-order valence-electron chi connectivity index (χ4n) is 2.04. The van der Waals surface area contributed by atoms with E-state index in [1.54, 1.807) is 18.9 Å². The van der Waals surface area contributed by atoms with Gasteiger partial charge in [0.1, 0.15) is 6.33 Å². The van der Waals surface area contributed by atoms with Crippen LogP contribution in [0.3, 0.4) is 0 Å². The smallest absolute Gasteiger partial charge is 0.257 e. The highest BCUT2D eigenvalue weighted by atomic mass is 16.5. The minimum Gasteiger partial charge on any atom is -0.362 e. The van der Waals surface area contributed by atoms with Gasteiger partial charge in [-0.2, -0.15) is 0 Å². The number of nitrogens with zero attached hydrogens (tertiary/aromatic N) is 3. The molecule has 2 amide bonds. The highest BCUT2D eigenvalue weighted by molar-refractivity contribution is 5.94. The highest BCUT2D eigenvalue weighted by Gasteiger charge is 2.40. The zero-order chi connectivity index (χ0) is 13.9. The van der Waals surface area contributed by atoms with Crippen molar-refractivity contribution in [1.82, 2.24) is 20.2 Å². The molecule has 102 valence electrons. The van der Waals surface area contributed by atoms with Crippen LogP contribution in [0.5, 0.6) is 0 Å². The normalized spacial score (nSPS) is 22.9. The van der Waals surface area contributed by atoms with E-state index in [1.165, 1.54) is 18.7 Å². The summed E-state index contributed by atoms with van der Waals surface area (Å²) in [5.74, 6) is -0.437. The molecule has 1 N–H and O–H groups in total. The van der Waals surface area contributed by atoms with E-state index in [1.807, 2.05) is 0 Å². The molecule has 1 atom stereocenters. The third kappa shape index (κ3) is 2.70. The molecule has 2 rings (SSSR count). The van der Waals surface area contributed by atoms with Crippen LogP contribution in [0.4, 0.5) is 0 Å². The number of carbonyl (C=O) groups excluding carboxylic acids is 2. The first-order valence-corrected chi connectivity index (χ1v) is 5.97. The number of hydrogen-bond donors (Lipinski definition) is 1. The maximum absolute atomic E-state index is 12.3. The zero-order valence-corrected chi connectivity index (χ0v) is 10.9. The second-order valence-electron chi connectivity index (χ2n) is 4.51. The average molecular weight is 264 g/mol. The number of nitrogens with one attached hydrogen (secondary N) is 1. The Bertz CT molecular complexity index is 479. The maximum Gasteiger partial charge on any atom is 0.257 e. The molecule has 7 heteroatoms. The lowest BCUT2D eigenvalue weighted by Gasteiger charge is -2.38. The van der Waals surface area contributed by atoms with Crippen molar-refractivity contribution in [1.29, 1.82) is 0 Å². The Morgan fingerprint density at radius 2 is 2.11 bits per heavy atom. The average Bonchev–Trinajstić information content (AvgIpc) is 2.46. The van der Waals surface area contributed by atoms with E-state index in [4.69, 9.17) is 4.74 Å². The Morgan fingerprint density at radius 3 is 2.74 bits per heavy atom. The van der Waals surface area contributed by atoms with E-state index in [2.05, 4.69) is 15.3 Å². The highest BCUT2D eigenvalue weighted by Crippen LogP contribution is 2.19. The van der Waals surface area contributed by atoms with Gasteiger partial charge in [-0.3, -0.25) is 9.59 Å². The summed E-state index contributed by atoms with van der Waals surface area (Å²) < 4.78 is 5.50. The van der Waals surface area contributed by atoms with E-state index in [0.717, 1.165) is 0 Å². The second kappa shape index (κ2) is 5.31. The van der Waals surface area contributed by atoms with Crippen molar-refractivity contribution in [3.05, 3.63) is 24.3 Å². The van der Waals surface area contributed by atoms with E-state index in [-0.39, 0.29) is 18.4 Å². The van der Waals surface area contributed by atoms with Crippen molar-refractivity contribution in [2.45, 2.75) is 12.5 Å². The largest absolute Gasteiger partial charge is 0.362 e. The fraction of sp³-hybridized carbons (Fsp3) is 0.500. The summed E-state index contributed by atoms with van der Waals surface area (Å²) in [4.78, 5) is 33.3. The van der Waals surface area contributed by atoms with Gasteiger partial charge in [0.25, 0.3) is 11.8 Å². The first-order chi connectivity index (χ1) is 9.07. The van der Waals surface area contributed by atoms with Gasteiger partial charge in [0.15, 0.2) is 5.60 Å². The van der Waals surface area contributed by atoms with Gasteiger partial charge >= 0.3 is 0 Å². The van der Waals surface area contributed by atoms with Crippen LogP contribution in [0.15, 0.2) is 18.7 Å². The topological polar surface area (TPSA) is 84.4 Å². The maximum atomic E-state index is 12.3. The van der Waals surface area contributed by atoms with E-state index >= 15 is 0 Å². The third-order valence-electron chi connectivity index (χ3n) is 3.08. The fourth-order valence-corrected chi connectivity index (χ4v) is 2.04. The van der Waals surface area contributed by atoms with Gasteiger partial charge in [-0.05, 0) is 6.92 Å². The molecule has 1 aromatic heterocycles. The minimum atomic E-state index is -1.02. The lowest BCUT2D eigenvalue weighted by molar-refractivity contribution is -0.153. The van der Waals surface area contributed by atoms with Crippen LogP contribution in [-0.2, 0) is 9.53 Å². The Morgan fingerprint density at radius 1 is 1.42 bits per heavy atom. The second-order valence-corrected chi connectivity index (χ2v) is 4.51. The van der Waals surface area contributed by atoms with Crippen LogP contribution < -0.4 is 5.32 Å². The molecule has 0 spiro atoms. The van der Waals surface area contributed by atoms with Crippen LogP contribution in [0.2, 0.25) is 0 Å². The number of carbonyl (C=O) groups is 2. The monoisotopic (exact) mass is 264 g/mol. The van der Waals surface area contributed by atoms with Crippen LogP contribution in [-0.4, -0.2) is 59.0 Å². The summed E-state index contributed by atoms with van der Waals surface area (Å²) in [6.45, 7) is 2.65. The summed E-state index contributed by atoms with van der Waals surface area (Å²) in [6, 6.07) is 0. The standard InChI is InChI=1S/C12H16N4O3/c1-12(11(18)13-2)7-16(3-4-19-12)10(17)9-5-14-8-15-6-9/h5-6,8H,3-4,7H2,1-2H3,(H,13,18). The van der Waals surface area contributed by atoms with Gasteiger partial charge in [-0.25, -0.2) is 9.97 Å². The zero-order valence-electron chi connectivity index (χ0n) is 10.9.